The second kappa shape index (κ2) is 6.81. The fraction of sp³-hybridized carbons (Fsp3) is 0.529. The van der Waals surface area contributed by atoms with Crippen molar-refractivity contribution in [2.24, 2.45) is 5.41 Å². The summed E-state index contributed by atoms with van der Waals surface area (Å²) in [5.74, 6) is -0.111. The Morgan fingerprint density at radius 1 is 1.14 bits per heavy atom. The molecule has 0 spiro atoms. The minimum Gasteiger partial charge on any atom is -0.495 e. The van der Waals surface area contributed by atoms with Crippen LogP contribution >= 0.6 is 0 Å². The van der Waals surface area contributed by atoms with E-state index in [0.717, 1.165) is 5.56 Å². The van der Waals surface area contributed by atoms with Gasteiger partial charge in [0.25, 0.3) is 0 Å². The predicted molar refractivity (Wildman–Crippen MR) is 86.5 cm³/mol. The highest BCUT2D eigenvalue weighted by atomic mass is 16.5. The molecule has 122 valence electrons. The van der Waals surface area contributed by atoms with Crippen molar-refractivity contribution in [2.45, 2.75) is 40.5 Å². The van der Waals surface area contributed by atoms with Gasteiger partial charge in [-0.05, 0) is 17.5 Å². The predicted octanol–water partition coefficient (Wildman–Crippen LogP) is 3.59. The molecule has 1 amide bonds. The Kier molecular flexibility index (Phi) is 5.58. The fourth-order valence-corrected chi connectivity index (χ4v) is 1.99. The van der Waals surface area contributed by atoms with Crippen LogP contribution in [0.25, 0.3) is 0 Å². The third-order valence-corrected chi connectivity index (χ3v) is 3.33. The van der Waals surface area contributed by atoms with E-state index in [2.05, 4.69) is 5.32 Å². The van der Waals surface area contributed by atoms with E-state index in [1.54, 1.807) is 26.8 Å². The molecule has 0 unspecified atom stereocenters. The molecule has 5 heteroatoms. The first-order chi connectivity index (χ1) is 10.1. The molecule has 0 aliphatic carbocycles. The molecule has 0 saturated heterocycles. The number of carbonyl (C=O) groups is 2. The van der Waals surface area contributed by atoms with E-state index in [4.69, 9.17) is 9.47 Å². The molecule has 0 atom stereocenters. The van der Waals surface area contributed by atoms with Gasteiger partial charge in [0.05, 0.1) is 19.9 Å². The number of ether oxygens (including phenoxy) is 2. The number of nitrogens with one attached hydrogen (secondary N) is 1. The van der Waals surface area contributed by atoms with Crippen LogP contribution in [0.5, 0.6) is 5.75 Å². The molecule has 1 aromatic rings. The normalized spacial score (nSPS) is 11.3. The van der Waals surface area contributed by atoms with Crippen molar-refractivity contribution in [1.82, 2.24) is 0 Å². The van der Waals surface area contributed by atoms with Crippen LogP contribution in [0.3, 0.4) is 0 Å². The average Bonchev–Trinajstić information content (AvgIpc) is 2.44. The van der Waals surface area contributed by atoms with Crippen LogP contribution in [-0.2, 0) is 9.53 Å². The van der Waals surface area contributed by atoms with Gasteiger partial charge in [0.1, 0.15) is 11.3 Å². The summed E-state index contributed by atoms with van der Waals surface area (Å²) in [6, 6.07) is 3.57. The lowest BCUT2D eigenvalue weighted by Crippen LogP contribution is -2.28. The topological polar surface area (TPSA) is 64.6 Å². The first-order valence-electron chi connectivity index (χ1n) is 7.24. The number of esters is 1. The summed E-state index contributed by atoms with van der Waals surface area (Å²) >= 11 is 0. The number of amides is 1. The Hall–Kier alpha value is -2.04. The number of carbonyl (C=O) groups excluding carboxylic acids is 2. The molecular formula is C17H25NO4. The Bertz CT molecular complexity index is 571. The van der Waals surface area contributed by atoms with Gasteiger partial charge in [-0.3, -0.25) is 4.79 Å². The maximum atomic E-state index is 12.2. The second-order valence-corrected chi connectivity index (χ2v) is 6.46. The lowest BCUT2D eigenvalue weighted by molar-refractivity contribution is -0.123. The first-order valence-corrected chi connectivity index (χ1v) is 7.24. The van der Waals surface area contributed by atoms with Crippen molar-refractivity contribution < 1.29 is 19.1 Å². The van der Waals surface area contributed by atoms with Gasteiger partial charge in [-0.15, -0.1) is 0 Å². The number of benzene rings is 1. The summed E-state index contributed by atoms with van der Waals surface area (Å²) in [6.45, 7) is 9.43. The van der Waals surface area contributed by atoms with Crippen molar-refractivity contribution in [3.05, 3.63) is 23.3 Å². The molecular weight excluding hydrogens is 282 g/mol. The number of hydrogen-bond donors (Lipinski definition) is 1. The van der Waals surface area contributed by atoms with E-state index in [1.807, 2.05) is 19.9 Å². The Morgan fingerprint density at radius 2 is 1.73 bits per heavy atom. The van der Waals surface area contributed by atoms with Gasteiger partial charge in [-0.2, -0.15) is 0 Å². The smallest absolute Gasteiger partial charge is 0.343 e. The first kappa shape index (κ1) is 18.0. The van der Waals surface area contributed by atoms with E-state index < -0.39 is 11.4 Å². The van der Waals surface area contributed by atoms with E-state index >= 15 is 0 Å². The largest absolute Gasteiger partial charge is 0.495 e. The van der Waals surface area contributed by atoms with Crippen LogP contribution < -0.4 is 10.1 Å². The molecule has 0 radical (unpaired) electrons. The Morgan fingerprint density at radius 3 is 2.14 bits per heavy atom. The maximum absolute atomic E-state index is 12.2. The van der Waals surface area contributed by atoms with E-state index in [9.17, 15) is 9.59 Å². The standard InChI is InChI=1S/C17H25NO4/c1-10(2)11-8-9-12(18-16(20)17(3,4)5)13(14(11)21-6)15(19)22-7/h8-10H,1-7H3,(H,18,20). The van der Waals surface area contributed by atoms with Crippen LogP contribution in [0.4, 0.5) is 5.69 Å². The number of rotatable bonds is 4. The number of methoxy groups -OCH3 is 2. The molecule has 0 fully saturated rings. The van der Waals surface area contributed by atoms with Crippen molar-refractivity contribution in [1.29, 1.82) is 0 Å². The fourth-order valence-electron chi connectivity index (χ4n) is 1.99. The molecule has 0 saturated carbocycles. The minimum absolute atomic E-state index is 0.172. The van der Waals surface area contributed by atoms with Gasteiger partial charge < -0.3 is 14.8 Å². The van der Waals surface area contributed by atoms with Gasteiger partial charge in [0.15, 0.2) is 0 Å². The van der Waals surface area contributed by atoms with Gasteiger partial charge >= 0.3 is 5.97 Å². The third-order valence-electron chi connectivity index (χ3n) is 3.33. The lowest BCUT2D eigenvalue weighted by Gasteiger charge is -2.22. The summed E-state index contributed by atoms with van der Waals surface area (Å²) < 4.78 is 10.3. The summed E-state index contributed by atoms with van der Waals surface area (Å²) in [6.07, 6.45) is 0. The molecule has 22 heavy (non-hydrogen) atoms. The quantitative estimate of drug-likeness (QED) is 0.863. The molecule has 0 aliphatic rings. The summed E-state index contributed by atoms with van der Waals surface area (Å²) in [7, 11) is 2.81. The van der Waals surface area contributed by atoms with Crippen LogP contribution in [0, 0.1) is 5.41 Å². The van der Waals surface area contributed by atoms with Crippen LogP contribution in [0.2, 0.25) is 0 Å². The number of anilines is 1. The maximum Gasteiger partial charge on any atom is 0.343 e. The highest BCUT2D eigenvalue weighted by Crippen LogP contribution is 2.36. The molecule has 0 aliphatic heterocycles. The molecule has 1 aromatic carbocycles. The SMILES string of the molecule is COC(=O)c1c(NC(=O)C(C)(C)C)ccc(C(C)C)c1OC. The van der Waals surface area contributed by atoms with Crippen molar-refractivity contribution in [3.8, 4) is 5.75 Å². The summed E-state index contributed by atoms with van der Waals surface area (Å²) in [5.41, 5.74) is 0.954. The Balaban J connectivity index is 3.45. The van der Waals surface area contributed by atoms with Crippen molar-refractivity contribution in [3.63, 3.8) is 0 Å². The average molecular weight is 307 g/mol. The molecule has 1 rings (SSSR count). The minimum atomic E-state index is -0.572. The van der Waals surface area contributed by atoms with E-state index in [0.29, 0.717) is 11.4 Å². The summed E-state index contributed by atoms with van der Waals surface area (Å²) in [5, 5.41) is 2.79. The highest BCUT2D eigenvalue weighted by molar-refractivity contribution is 6.04. The highest BCUT2D eigenvalue weighted by Gasteiger charge is 2.27. The van der Waals surface area contributed by atoms with Crippen molar-refractivity contribution in [2.75, 3.05) is 19.5 Å². The third kappa shape index (κ3) is 3.78. The van der Waals surface area contributed by atoms with Gasteiger partial charge in [-0.1, -0.05) is 40.7 Å². The lowest BCUT2D eigenvalue weighted by atomic mass is 9.94. The van der Waals surface area contributed by atoms with Gasteiger partial charge in [0, 0.05) is 5.41 Å². The zero-order valence-electron chi connectivity index (χ0n) is 14.4. The van der Waals surface area contributed by atoms with Crippen molar-refractivity contribution >= 4 is 17.6 Å². The Labute approximate surface area is 132 Å². The van der Waals surface area contributed by atoms with Crippen LogP contribution in [0.1, 0.15) is 56.5 Å². The molecule has 5 nitrogen and oxygen atoms in total. The zero-order chi connectivity index (χ0) is 17.1. The van der Waals surface area contributed by atoms with E-state index in [-0.39, 0.29) is 17.4 Å². The molecule has 0 bridgehead atoms. The summed E-state index contributed by atoms with van der Waals surface area (Å²) in [4.78, 5) is 24.4. The van der Waals surface area contributed by atoms with Gasteiger partial charge in [-0.25, -0.2) is 4.79 Å². The van der Waals surface area contributed by atoms with Crippen LogP contribution in [0.15, 0.2) is 12.1 Å². The molecule has 1 N–H and O–H groups in total. The van der Waals surface area contributed by atoms with Crippen LogP contribution in [-0.4, -0.2) is 26.1 Å². The molecule has 0 aromatic heterocycles. The second-order valence-electron chi connectivity index (χ2n) is 6.46. The molecule has 0 heterocycles. The zero-order valence-corrected chi connectivity index (χ0v) is 14.4. The van der Waals surface area contributed by atoms with Gasteiger partial charge in [0.2, 0.25) is 5.91 Å². The van der Waals surface area contributed by atoms with E-state index in [1.165, 1.54) is 14.2 Å². The monoisotopic (exact) mass is 307 g/mol. The number of hydrogen-bond acceptors (Lipinski definition) is 4.